The highest BCUT2D eigenvalue weighted by molar-refractivity contribution is 5.99. The van der Waals surface area contributed by atoms with Gasteiger partial charge in [0.1, 0.15) is 47.6 Å². The van der Waals surface area contributed by atoms with Gasteiger partial charge in [0, 0.05) is 87.3 Å². The summed E-state index contributed by atoms with van der Waals surface area (Å²) in [5.41, 5.74) is 18.3. The van der Waals surface area contributed by atoms with Crippen molar-refractivity contribution < 1.29 is 36.6 Å². The Kier molecular flexibility index (Phi) is 13.1. The number of benzene rings is 4. The normalized spacial score (nSPS) is 13.9. The van der Waals surface area contributed by atoms with Gasteiger partial charge in [0.25, 0.3) is 11.8 Å². The fourth-order valence-corrected chi connectivity index (χ4v) is 8.06. The van der Waals surface area contributed by atoms with Gasteiger partial charge in [-0.25, -0.2) is 37.5 Å². The molecular formula is C48H44F4N12O4. The molecule has 0 unspecified atom stereocenters. The highest BCUT2D eigenvalue weighted by Gasteiger charge is 2.19. The van der Waals surface area contributed by atoms with Crippen molar-refractivity contribution in [3.05, 3.63) is 156 Å². The Morgan fingerprint density at radius 3 is 1.46 bits per heavy atom. The number of hydrogen-bond donors (Lipinski definition) is 4. The number of aromatic nitrogens is 6. The fraction of sp³-hybridized carbons (Fsp3) is 0.208. The molecule has 0 saturated carbocycles. The molecule has 0 radical (unpaired) electrons. The Balaban J connectivity index is 0.000000170. The number of anilines is 4. The molecule has 0 atom stereocenters. The lowest BCUT2D eigenvalue weighted by Crippen LogP contribution is -2.36. The molecule has 68 heavy (non-hydrogen) atoms. The Morgan fingerprint density at radius 2 is 0.971 bits per heavy atom. The largest absolute Gasteiger partial charge is 0.380 e. The standard InChI is InChI=1S/2C24H22F2N6O2/c25-16-7-15(8-17(26)9-16)12-28-20-11-23(29-13-19(20)24(27)33)32-14-30-21-10-18(1-2-22(21)32)31-3-5-34-6-4-31;25-16-7-15(8-17(26)9-16)12-28-21-11-23(29-13-19(21)24(27)33)32-14-30-20-2-1-18(10-22(20)32)31-3-5-34-6-4-31/h2*1-2,7-11,13-14H,3-6,12H2,(H2,27,33)(H,28,29). The van der Waals surface area contributed by atoms with Crippen LogP contribution in [0.2, 0.25) is 0 Å². The van der Waals surface area contributed by atoms with Crippen LogP contribution in [0.15, 0.2) is 110 Å². The number of rotatable bonds is 12. The molecule has 10 rings (SSSR count). The molecule has 0 bridgehead atoms. The Bertz CT molecular complexity index is 3110. The van der Waals surface area contributed by atoms with Gasteiger partial charge < -0.3 is 41.4 Å². The van der Waals surface area contributed by atoms with Gasteiger partial charge in [-0.2, -0.15) is 0 Å². The van der Waals surface area contributed by atoms with Gasteiger partial charge >= 0.3 is 0 Å². The molecule has 348 valence electrons. The van der Waals surface area contributed by atoms with Crippen LogP contribution in [0.3, 0.4) is 0 Å². The number of primary amides is 2. The maximum Gasteiger partial charge on any atom is 0.252 e. The number of fused-ring (bicyclic) bond motifs is 2. The lowest BCUT2D eigenvalue weighted by atomic mass is 10.1. The van der Waals surface area contributed by atoms with E-state index in [2.05, 4.69) is 40.4 Å². The number of morpholine rings is 2. The van der Waals surface area contributed by atoms with Gasteiger partial charge in [-0.15, -0.1) is 0 Å². The van der Waals surface area contributed by atoms with E-state index in [0.717, 1.165) is 71.8 Å². The van der Waals surface area contributed by atoms with Gasteiger partial charge in [0.15, 0.2) is 0 Å². The van der Waals surface area contributed by atoms with Gasteiger partial charge in [0.05, 0.1) is 71.0 Å². The minimum atomic E-state index is -0.678. The number of pyridine rings is 2. The lowest BCUT2D eigenvalue weighted by molar-refractivity contribution is 0.0992. The summed E-state index contributed by atoms with van der Waals surface area (Å²) in [7, 11) is 0. The maximum atomic E-state index is 13.6. The summed E-state index contributed by atoms with van der Waals surface area (Å²) in [5.74, 6) is -3.02. The van der Waals surface area contributed by atoms with Gasteiger partial charge in [-0.1, -0.05) is 0 Å². The van der Waals surface area contributed by atoms with E-state index in [0.29, 0.717) is 60.6 Å². The number of carbonyl (C=O) groups excluding carboxylic acids is 2. The highest BCUT2D eigenvalue weighted by Crippen LogP contribution is 2.28. The molecule has 2 aliphatic heterocycles. The number of carbonyl (C=O) groups is 2. The lowest BCUT2D eigenvalue weighted by Gasteiger charge is -2.28. The molecule has 2 saturated heterocycles. The van der Waals surface area contributed by atoms with E-state index in [1.807, 2.05) is 41.0 Å². The summed E-state index contributed by atoms with van der Waals surface area (Å²) in [6, 6.07) is 21.9. The average molecular weight is 929 g/mol. The quantitative estimate of drug-likeness (QED) is 0.0974. The summed E-state index contributed by atoms with van der Waals surface area (Å²) >= 11 is 0. The molecule has 6 N–H and O–H groups in total. The minimum Gasteiger partial charge on any atom is -0.380 e. The number of hydrogen-bond acceptors (Lipinski definition) is 12. The molecule has 8 aromatic rings. The molecule has 6 heterocycles. The Morgan fingerprint density at radius 1 is 0.529 bits per heavy atom. The van der Waals surface area contributed by atoms with Gasteiger partial charge in [-0.05, 0) is 71.8 Å². The number of ether oxygens (including phenoxy) is 2. The van der Waals surface area contributed by atoms with Crippen LogP contribution in [0.25, 0.3) is 33.7 Å². The Labute approximate surface area is 386 Å². The first kappa shape index (κ1) is 45.1. The van der Waals surface area contributed by atoms with Crippen molar-refractivity contribution in [2.75, 3.05) is 73.0 Å². The topological polar surface area (TPSA) is 197 Å². The number of halogens is 4. The predicted octanol–water partition coefficient (Wildman–Crippen LogP) is 6.49. The first-order valence-corrected chi connectivity index (χ1v) is 21.5. The van der Waals surface area contributed by atoms with Crippen molar-refractivity contribution >= 4 is 56.6 Å². The first-order valence-electron chi connectivity index (χ1n) is 21.5. The van der Waals surface area contributed by atoms with E-state index in [1.165, 1.54) is 36.7 Å². The van der Waals surface area contributed by atoms with Crippen molar-refractivity contribution in [1.82, 2.24) is 29.1 Å². The van der Waals surface area contributed by atoms with Crippen LogP contribution in [0.4, 0.5) is 40.3 Å². The number of nitrogens with two attached hydrogens (primary N) is 2. The van der Waals surface area contributed by atoms with Crippen LogP contribution < -0.4 is 31.9 Å². The SMILES string of the molecule is NC(=O)c1cnc(-n2cnc3cc(N4CCOCC4)ccc32)cc1NCc1cc(F)cc(F)c1.NC(=O)c1cnc(-n2cnc3ccc(N4CCOCC4)cc32)cc1NCc1cc(F)cc(F)c1. The molecule has 2 amide bonds. The third-order valence-electron chi connectivity index (χ3n) is 11.4. The second-order valence-corrected chi connectivity index (χ2v) is 15.9. The van der Waals surface area contributed by atoms with Crippen molar-refractivity contribution in [1.29, 1.82) is 0 Å². The zero-order chi connectivity index (χ0) is 47.3. The molecule has 16 nitrogen and oxygen atoms in total. The van der Waals surface area contributed by atoms with Crippen molar-refractivity contribution in [2.24, 2.45) is 11.5 Å². The van der Waals surface area contributed by atoms with Crippen LogP contribution in [0.1, 0.15) is 31.8 Å². The zero-order valence-electron chi connectivity index (χ0n) is 36.3. The number of amides is 2. The summed E-state index contributed by atoms with van der Waals surface area (Å²) < 4.78 is 68.7. The summed E-state index contributed by atoms with van der Waals surface area (Å²) in [5, 5.41) is 6.09. The number of nitrogens with zero attached hydrogens (tertiary/aromatic N) is 8. The summed E-state index contributed by atoms with van der Waals surface area (Å²) in [6.07, 6.45) is 6.07. The second kappa shape index (κ2) is 19.8. The van der Waals surface area contributed by atoms with Crippen LogP contribution in [-0.4, -0.2) is 93.5 Å². The molecule has 4 aromatic heterocycles. The monoisotopic (exact) mass is 928 g/mol. The molecule has 0 spiro atoms. The minimum absolute atomic E-state index is 0.0876. The summed E-state index contributed by atoms with van der Waals surface area (Å²) in [4.78, 5) is 46.2. The van der Waals surface area contributed by atoms with Crippen LogP contribution in [-0.2, 0) is 22.6 Å². The molecular weight excluding hydrogens is 885 g/mol. The summed E-state index contributed by atoms with van der Waals surface area (Å²) in [6.45, 7) is 6.19. The molecule has 20 heteroatoms. The van der Waals surface area contributed by atoms with E-state index in [4.69, 9.17) is 20.9 Å². The fourth-order valence-electron chi connectivity index (χ4n) is 8.06. The van der Waals surface area contributed by atoms with E-state index >= 15 is 0 Å². The molecule has 0 aliphatic carbocycles. The van der Waals surface area contributed by atoms with Crippen molar-refractivity contribution in [2.45, 2.75) is 13.1 Å². The predicted molar refractivity (Wildman–Crippen MR) is 248 cm³/mol. The van der Waals surface area contributed by atoms with E-state index in [-0.39, 0.29) is 24.2 Å². The van der Waals surface area contributed by atoms with E-state index < -0.39 is 35.1 Å². The van der Waals surface area contributed by atoms with E-state index in [1.54, 1.807) is 29.4 Å². The van der Waals surface area contributed by atoms with Gasteiger partial charge in [0.2, 0.25) is 0 Å². The van der Waals surface area contributed by atoms with Gasteiger partial charge in [-0.3, -0.25) is 18.7 Å². The maximum absolute atomic E-state index is 13.6. The smallest absolute Gasteiger partial charge is 0.252 e. The second-order valence-electron chi connectivity index (χ2n) is 15.9. The Hall–Kier alpha value is -8.10. The van der Waals surface area contributed by atoms with Crippen LogP contribution in [0, 0.1) is 23.3 Å². The van der Waals surface area contributed by atoms with Crippen LogP contribution in [0.5, 0.6) is 0 Å². The van der Waals surface area contributed by atoms with Crippen molar-refractivity contribution in [3.8, 4) is 11.6 Å². The first-order chi connectivity index (χ1) is 32.9. The van der Waals surface area contributed by atoms with Crippen LogP contribution >= 0.6 is 0 Å². The third kappa shape index (κ3) is 10.1. The molecule has 4 aromatic carbocycles. The number of imidazole rings is 2. The average Bonchev–Trinajstić information content (AvgIpc) is 3.97. The number of nitrogens with one attached hydrogen (secondary N) is 2. The van der Waals surface area contributed by atoms with E-state index in [9.17, 15) is 27.2 Å². The zero-order valence-corrected chi connectivity index (χ0v) is 36.3. The van der Waals surface area contributed by atoms with Crippen molar-refractivity contribution in [3.63, 3.8) is 0 Å². The molecule has 2 aliphatic rings. The third-order valence-corrected chi connectivity index (χ3v) is 11.4. The highest BCUT2D eigenvalue weighted by atomic mass is 19.1. The molecule has 2 fully saturated rings.